The number of rotatable bonds is 6. The standard InChI is InChI=1S/C19H19ClF2O2S/c20-13-4-6-14(7-5-13)25-19-12(3-1-2-10-23)11-24-18-16(22)9-8-15(21)17(18)19/h4-9,12,19,23H,1-3,10-11H2/t12-,19+/m1/s1. The quantitative estimate of drug-likeness (QED) is 0.655. The third-order valence-corrected chi connectivity index (χ3v) is 5.98. The summed E-state index contributed by atoms with van der Waals surface area (Å²) < 4.78 is 34.2. The first-order valence-corrected chi connectivity index (χ1v) is 9.49. The Morgan fingerprint density at radius 3 is 2.52 bits per heavy atom. The molecule has 1 N–H and O–H groups in total. The fraction of sp³-hybridized carbons (Fsp3) is 0.368. The Kier molecular flexibility index (Phi) is 6.20. The molecule has 0 saturated carbocycles. The second-order valence-electron chi connectivity index (χ2n) is 6.05. The first-order valence-electron chi connectivity index (χ1n) is 8.24. The normalized spacial score (nSPS) is 19.4. The number of ether oxygens (including phenoxy) is 1. The van der Waals surface area contributed by atoms with Crippen molar-refractivity contribution in [3.8, 4) is 5.75 Å². The molecule has 0 unspecified atom stereocenters. The van der Waals surface area contributed by atoms with Crippen molar-refractivity contribution >= 4 is 23.4 Å². The Morgan fingerprint density at radius 2 is 1.80 bits per heavy atom. The predicted octanol–water partition coefficient (Wildman–Crippen LogP) is 5.62. The van der Waals surface area contributed by atoms with Crippen LogP contribution in [0.15, 0.2) is 41.3 Å². The van der Waals surface area contributed by atoms with E-state index in [2.05, 4.69) is 0 Å². The third-order valence-electron chi connectivity index (χ3n) is 4.31. The summed E-state index contributed by atoms with van der Waals surface area (Å²) in [6.45, 7) is 0.464. The van der Waals surface area contributed by atoms with E-state index in [4.69, 9.17) is 21.4 Å². The van der Waals surface area contributed by atoms with E-state index in [1.165, 1.54) is 11.8 Å². The van der Waals surface area contributed by atoms with Crippen molar-refractivity contribution in [2.24, 2.45) is 5.92 Å². The van der Waals surface area contributed by atoms with E-state index in [1.54, 1.807) is 12.1 Å². The fourth-order valence-electron chi connectivity index (χ4n) is 3.04. The van der Waals surface area contributed by atoms with Gasteiger partial charge in [0.25, 0.3) is 0 Å². The molecule has 0 saturated heterocycles. The molecule has 134 valence electrons. The number of halogens is 3. The number of fused-ring (bicyclic) bond motifs is 1. The molecule has 0 bridgehead atoms. The van der Waals surface area contributed by atoms with Crippen molar-refractivity contribution in [3.05, 3.63) is 58.6 Å². The molecule has 0 radical (unpaired) electrons. The lowest BCUT2D eigenvalue weighted by Crippen LogP contribution is -2.26. The summed E-state index contributed by atoms with van der Waals surface area (Å²) in [6, 6.07) is 9.58. The molecule has 25 heavy (non-hydrogen) atoms. The molecule has 1 aliphatic heterocycles. The summed E-state index contributed by atoms with van der Waals surface area (Å²) in [7, 11) is 0. The summed E-state index contributed by atoms with van der Waals surface area (Å²) >= 11 is 7.43. The van der Waals surface area contributed by atoms with Crippen LogP contribution in [0.5, 0.6) is 5.75 Å². The minimum Gasteiger partial charge on any atom is -0.490 e. The second kappa shape index (κ2) is 8.39. The van der Waals surface area contributed by atoms with Gasteiger partial charge in [-0.05, 0) is 49.2 Å². The smallest absolute Gasteiger partial charge is 0.165 e. The van der Waals surface area contributed by atoms with Gasteiger partial charge in [-0.25, -0.2) is 8.78 Å². The van der Waals surface area contributed by atoms with Crippen LogP contribution in [0.1, 0.15) is 30.1 Å². The number of hydrogen-bond acceptors (Lipinski definition) is 3. The van der Waals surface area contributed by atoms with E-state index in [9.17, 15) is 8.78 Å². The van der Waals surface area contributed by atoms with Crippen molar-refractivity contribution < 1.29 is 18.6 Å². The van der Waals surface area contributed by atoms with E-state index in [1.807, 2.05) is 12.1 Å². The molecule has 3 rings (SSSR count). The van der Waals surface area contributed by atoms with E-state index in [-0.39, 0.29) is 23.5 Å². The molecular formula is C19H19ClF2O2S. The molecular weight excluding hydrogens is 366 g/mol. The average molecular weight is 385 g/mol. The van der Waals surface area contributed by atoms with E-state index < -0.39 is 11.6 Å². The molecule has 0 amide bonds. The Bertz CT molecular complexity index is 724. The summed E-state index contributed by atoms with van der Waals surface area (Å²) in [5.74, 6) is -0.928. The monoisotopic (exact) mass is 384 g/mol. The van der Waals surface area contributed by atoms with Gasteiger partial charge >= 0.3 is 0 Å². The molecule has 2 aromatic rings. The van der Waals surface area contributed by atoms with Crippen LogP contribution in [0.3, 0.4) is 0 Å². The lowest BCUT2D eigenvalue weighted by Gasteiger charge is -2.33. The number of aliphatic hydroxyl groups excluding tert-OH is 1. The largest absolute Gasteiger partial charge is 0.490 e. The molecule has 2 aromatic carbocycles. The number of thioether (sulfide) groups is 1. The first kappa shape index (κ1) is 18.5. The van der Waals surface area contributed by atoms with Gasteiger partial charge in [-0.15, -0.1) is 11.8 Å². The van der Waals surface area contributed by atoms with Gasteiger partial charge < -0.3 is 9.84 Å². The molecule has 0 aliphatic carbocycles. The summed E-state index contributed by atoms with van der Waals surface area (Å²) in [5.41, 5.74) is 0.292. The Hall–Kier alpha value is -1.30. The zero-order valence-corrected chi connectivity index (χ0v) is 15.1. The van der Waals surface area contributed by atoms with Crippen LogP contribution in [0.2, 0.25) is 5.02 Å². The molecule has 6 heteroatoms. The van der Waals surface area contributed by atoms with Crippen LogP contribution in [0, 0.1) is 17.6 Å². The maximum atomic E-state index is 14.5. The van der Waals surface area contributed by atoms with E-state index in [0.29, 0.717) is 23.6 Å². The molecule has 0 aromatic heterocycles. The maximum Gasteiger partial charge on any atom is 0.165 e. The molecule has 1 aliphatic rings. The molecule has 1 heterocycles. The summed E-state index contributed by atoms with van der Waals surface area (Å²) in [5, 5.41) is 9.38. The lowest BCUT2D eigenvalue weighted by atomic mass is 9.91. The van der Waals surface area contributed by atoms with Crippen LogP contribution >= 0.6 is 23.4 Å². The van der Waals surface area contributed by atoms with Crippen molar-refractivity contribution in [1.29, 1.82) is 0 Å². The van der Waals surface area contributed by atoms with Crippen molar-refractivity contribution in [2.45, 2.75) is 29.4 Å². The highest BCUT2D eigenvalue weighted by Gasteiger charge is 2.35. The van der Waals surface area contributed by atoms with Gasteiger partial charge in [0.2, 0.25) is 0 Å². The van der Waals surface area contributed by atoms with E-state index in [0.717, 1.165) is 29.9 Å². The zero-order chi connectivity index (χ0) is 17.8. The van der Waals surface area contributed by atoms with Gasteiger partial charge in [0.1, 0.15) is 5.82 Å². The number of aliphatic hydroxyl groups is 1. The van der Waals surface area contributed by atoms with Crippen LogP contribution < -0.4 is 4.74 Å². The van der Waals surface area contributed by atoms with Crippen molar-refractivity contribution in [3.63, 3.8) is 0 Å². The molecule has 2 nitrogen and oxygen atoms in total. The van der Waals surface area contributed by atoms with Gasteiger partial charge in [0, 0.05) is 33.3 Å². The number of benzene rings is 2. The zero-order valence-electron chi connectivity index (χ0n) is 13.6. The lowest BCUT2D eigenvalue weighted by molar-refractivity contribution is 0.191. The maximum absolute atomic E-state index is 14.5. The first-order chi connectivity index (χ1) is 12.1. The van der Waals surface area contributed by atoms with Gasteiger partial charge in [0.05, 0.1) is 6.61 Å². The highest BCUT2D eigenvalue weighted by atomic mass is 35.5. The second-order valence-corrected chi connectivity index (χ2v) is 7.71. The van der Waals surface area contributed by atoms with Crippen molar-refractivity contribution in [2.75, 3.05) is 13.2 Å². The minimum absolute atomic E-state index is 0.0184. The fourth-order valence-corrected chi connectivity index (χ4v) is 4.50. The third kappa shape index (κ3) is 4.27. The topological polar surface area (TPSA) is 29.5 Å². The Labute approximate surface area is 155 Å². The van der Waals surface area contributed by atoms with E-state index >= 15 is 0 Å². The molecule has 0 fully saturated rings. The molecule has 0 spiro atoms. The Balaban J connectivity index is 1.92. The van der Waals surface area contributed by atoms with Gasteiger partial charge in [0.15, 0.2) is 11.6 Å². The Morgan fingerprint density at radius 1 is 1.08 bits per heavy atom. The van der Waals surface area contributed by atoms with Crippen molar-refractivity contribution in [1.82, 2.24) is 0 Å². The SMILES string of the molecule is OCCCC[C@@H]1COc2c(F)ccc(F)c2[C@H]1Sc1ccc(Cl)cc1. The highest BCUT2D eigenvalue weighted by molar-refractivity contribution is 7.99. The minimum atomic E-state index is -0.535. The highest BCUT2D eigenvalue weighted by Crippen LogP contribution is 2.50. The molecule has 2 atom stereocenters. The van der Waals surface area contributed by atoms with Crippen LogP contribution in [0.25, 0.3) is 0 Å². The van der Waals surface area contributed by atoms with Gasteiger partial charge in [-0.1, -0.05) is 18.0 Å². The average Bonchev–Trinajstić information content (AvgIpc) is 2.61. The van der Waals surface area contributed by atoms with Gasteiger partial charge in [-0.2, -0.15) is 0 Å². The van der Waals surface area contributed by atoms with Gasteiger partial charge in [-0.3, -0.25) is 0 Å². The number of hydrogen-bond donors (Lipinski definition) is 1. The number of unbranched alkanes of at least 4 members (excludes halogenated alkanes) is 1. The predicted molar refractivity (Wildman–Crippen MR) is 96.3 cm³/mol. The van der Waals surface area contributed by atoms with Crippen LogP contribution in [-0.2, 0) is 0 Å². The summed E-state index contributed by atoms with van der Waals surface area (Å²) in [6.07, 6.45) is 2.28. The van der Waals surface area contributed by atoms with Crippen LogP contribution in [-0.4, -0.2) is 18.3 Å². The van der Waals surface area contributed by atoms with Crippen LogP contribution in [0.4, 0.5) is 8.78 Å². The summed E-state index contributed by atoms with van der Waals surface area (Å²) in [4.78, 5) is 0.943.